The van der Waals surface area contributed by atoms with Gasteiger partial charge in [0, 0.05) is 11.9 Å². The molecule has 1 aromatic carbocycles. The number of nitrogens with zero attached hydrogens (tertiary/aromatic N) is 2. The summed E-state index contributed by atoms with van der Waals surface area (Å²) in [4.78, 5) is 3.56. The Morgan fingerprint density at radius 3 is 2.65 bits per heavy atom. The zero-order valence-corrected chi connectivity index (χ0v) is 9.98. The predicted molar refractivity (Wildman–Crippen MR) is 64.9 cm³/mol. The Balaban J connectivity index is 2.44. The SMILES string of the molecule is N#Cc1cc(N)ccc1Oc1ncccc1C(F)(F)F. The summed E-state index contributed by atoms with van der Waals surface area (Å²) in [6.45, 7) is 0. The molecule has 0 saturated heterocycles. The van der Waals surface area contributed by atoms with Gasteiger partial charge in [0.25, 0.3) is 0 Å². The second-order valence-corrected chi connectivity index (χ2v) is 3.82. The number of benzene rings is 1. The Kier molecular flexibility index (Phi) is 3.48. The Labute approximate surface area is 112 Å². The van der Waals surface area contributed by atoms with Crippen molar-refractivity contribution in [2.45, 2.75) is 6.18 Å². The van der Waals surface area contributed by atoms with E-state index in [1.165, 1.54) is 24.4 Å². The third-order valence-electron chi connectivity index (χ3n) is 2.41. The number of nitriles is 1. The Hall–Kier alpha value is -2.75. The van der Waals surface area contributed by atoms with Gasteiger partial charge < -0.3 is 10.5 Å². The molecule has 1 heterocycles. The number of nitrogens with two attached hydrogens (primary N) is 1. The van der Waals surface area contributed by atoms with Crippen LogP contribution in [0.3, 0.4) is 0 Å². The van der Waals surface area contributed by atoms with Gasteiger partial charge in [-0.25, -0.2) is 4.98 Å². The molecule has 0 fully saturated rings. The topological polar surface area (TPSA) is 71.9 Å². The maximum Gasteiger partial charge on any atom is 0.421 e. The summed E-state index contributed by atoms with van der Waals surface area (Å²) < 4.78 is 43.5. The molecular weight excluding hydrogens is 271 g/mol. The second kappa shape index (κ2) is 5.09. The van der Waals surface area contributed by atoms with Crippen LogP contribution in [-0.4, -0.2) is 4.98 Å². The zero-order valence-electron chi connectivity index (χ0n) is 9.98. The highest BCUT2D eigenvalue weighted by Gasteiger charge is 2.35. The van der Waals surface area contributed by atoms with Crippen LogP contribution in [0.2, 0.25) is 0 Å². The van der Waals surface area contributed by atoms with Crippen molar-refractivity contribution in [1.29, 1.82) is 5.26 Å². The van der Waals surface area contributed by atoms with E-state index in [0.717, 1.165) is 12.1 Å². The number of nitrogen functional groups attached to an aromatic ring is 1. The summed E-state index contributed by atoms with van der Waals surface area (Å²) in [5.41, 5.74) is 4.82. The fourth-order valence-corrected chi connectivity index (χ4v) is 1.52. The molecule has 2 aromatic rings. The smallest absolute Gasteiger partial charge is 0.421 e. The predicted octanol–water partition coefficient (Wildman–Crippen LogP) is 3.35. The van der Waals surface area contributed by atoms with E-state index in [-0.39, 0.29) is 11.3 Å². The number of hydrogen-bond donors (Lipinski definition) is 1. The fourth-order valence-electron chi connectivity index (χ4n) is 1.52. The van der Waals surface area contributed by atoms with Gasteiger partial charge in [0.15, 0.2) is 0 Å². The number of anilines is 1. The molecule has 1 aromatic heterocycles. The first kappa shape index (κ1) is 13.7. The van der Waals surface area contributed by atoms with Crippen molar-refractivity contribution in [2.24, 2.45) is 0 Å². The molecule has 20 heavy (non-hydrogen) atoms. The maximum absolute atomic E-state index is 12.8. The van der Waals surface area contributed by atoms with Crippen molar-refractivity contribution in [1.82, 2.24) is 4.98 Å². The molecule has 0 amide bonds. The van der Waals surface area contributed by atoms with Crippen molar-refractivity contribution >= 4 is 5.69 Å². The lowest BCUT2D eigenvalue weighted by molar-refractivity contribution is -0.138. The molecule has 2 rings (SSSR count). The fraction of sp³-hybridized carbons (Fsp3) is 0.0769. The van der Waals surface area contributed by atoms with Crippen LogP contribution in [0.1, 0.15) is 11.1 Å². The normalized spacial score (nSPS) is 10.9. The average molecular weight is 279 g/mol. The van der Waals surface area contributed by atoms with Crippen LogP contribution in [0.5, 0.6) is 11.6 Å². The van der Waals surface area contributed by atoms with Gasteiger partial charge in [0.2, 0.25) is 5.88 Å². The molecule has 0 saturated carbocycles. The van der Waals surface area contributed by atoms with Crippen molar-refractivity contribution in [3.05, 3.63) is 47.7 Å². The van der Waals surface area contributed by atoms with E-state index in [2.05, 4.69) is 4.98 Å². The summed E-state index contributed by atoms with van der Waals surface area (Å²) in [6, 6.07) is 7.87. The first-order valence-electron chi connectivity index (χ1n) is 5.41. The van der Waals surface area contributed by atoms with Gasteiger partial charge in [-0.2, -0.15) is 18.4 Å². The molecule has 0 radical (unpaired) electrons. The molecule has 0 aliphatic rings. The largest absolute Gasteiger partial charge is 0.437 e. The van der Waals surface area contributed by atoms with Crippen LogP contribution in [0.4, 0.5) is 18.9 Å². The van der Waals surface area contributed by atoms with Gasteiger partial charge >= 0.3 is 6.18 Å². The van der Waals surface area contributed by atoms with Crippen LogP contribution in [-0.2, 0) is 6.18 Å². The highest BCUT2D eigenvalue weighted by atomic mass is 19.4. The molecule has 0 aliphatic carbocycles. The molecular formula is C13H8F3N3O. The molecule has 0 spiro atoms. The summed E-state index contributed by atoms with van der Waals surface area (Å²) in [7, 11) is 0. The number of alkyl halides is 3. The lowest BCUT2D eigenvalue weighted by Gasteiger charge is -2.13. The van der Waals surface area contributed by atoms with Crippen LogP contribution in [0.15, 0.2) is 36.5 Å². The van der Waals surface area contributed by atoms with Crippen molar-refractivity contribution in [2.75, 3.05) is 5.73 Å². The molecule has 0 bridgehead atoms. The summed E-state index contributed by atoms with van der Waals surface area (Å²) >= 11 is 0. The first-order chi connectivity index (χ1) is 9.41. The van der Waals surface area contributed by atoms with Crippen molar-refractivity contribution < 1.29 is 17.9 Å². The minimum Gasteiger partial charge on any atom is -0.437 e. The Morgan fingerprint density at radius 2 is 2.00 bits per heavy atom. The quantitative estimate of drug-likeness (QED) is 0.856. The van der Waals surface area contributed by atoms with Crippen LogP contribution in [0.25, 0.3) is 0 Å². The van der Waals surface area contributed by atoms with Gasteiger partial charge in [0.1, 0.15) is 17.4 Å². The number of halogens is 3. The highest BCUT2D eigenvalue weighted by molar-refractivity contribution is 5.54. The summed E-state index contributed by atoms with van der Waals surface area (Å²) in [6.07, 6.45) is -3.42. The van der Waals surface area contributed by atoms with Gasteiger partial charge in [-0.3, -0.25) is 0 Å². The molecule has 4 nitrogen and oxygen atoms in total. The molecule has 0 atom stereocenters. The van der Waals surface area contributed by atoms with E-state index in [1.807, 2.05) is 0 Å². The third-order valence-corrected chi connectivity index (χ3v) is 2.41. The van der Waals surface area contributed by atoms with Crippen molar-refractivity contribution in [3.63, 3.8) is 0 Å². The minimum atomic E-state index is -4.59. The van der Waals surface area contributed by atoms with E-state index in [1.54, 1.807) is 6.07 Å². The Bertz CT molecular complexity index is 677. The highest BCUT2D eigenvalue weighted by Crippen LogP contribution is 2.37. The van der Waals surface area contributed by atoms with Crippen LogP contribution >= 0.6 is 0 Å². The third kappa shape index (κ3) is 2.80. The van der Waals surface area contributed by atoms with Gasteiger partial charge in [-0.15, -0.1) is 0 Å². The maximum atomic E-state index is 12.8. The van der Waals surface area contributed by atoms with E-state index < -0.39 is 17.6 Å². The number of rotatable bonds is 2. The lowest BCUT2D eigenvalue weighted by atomic mass is 10.2. The molecule has 2 N–H and O–H groups in total. The minimum absolute atomic E-state index is 0.0313. The number of aromatic nitrogens is 1. The van der Waals surface area contributed by atoms with Crippen molar-refractivity contribution in [3.8, 4) is 17.7 Å². The number of ether oxygens (including phenoxy) is 1. The second-order valence-electron chi connectivity index (χ2n) is 3.82. The first-order valence-corrected chi connectivity index (χ1v) is 5.41. The summed E-state index contributed by atoms with van der Waals surface area (Å²) in [5.74, 6) is -0.646. The monoisotopic (exact) mass is 279 g/mol. The average Bonchev–Trinajstić information content (AvgIpc) is 2.40. The van der Waals surface area contributed by atoms with E-state index in [9.17, 15) is 13.2 Å². The van der Waals surface area contributed by atoms with Crippen LogP contribution < -0.4 is 10.5 Å². The van der Waals surface area contributed by atoms with Crippen LogP contribution in [0, 0.1) is 11.3 Å². The van der Waals surface area contributed by atoms with E-state index in [4.69, 9.17) is 15.7 Å². The van der Waals surface area contributed by atoms with E-state index in [0.29, 0.717) is 5.69 Å². The number of hydrogen-bond acceptors (Lipinski definition) is 4. The molecule has 0 aliphatic heterocycles. The van der Waals surface area contributed by atoms with Gasteiger partial charge in [0.05, 0.1) is 5.56 Å². The Morgan fingerprint density at radius 1 is 1.25 bits per heavy atom. The zero-order chi connectivity index (χ0) is 14.8. The number of pyridine rings is 1. The summed E-state index contributed by atoms with van der Waals surface area (Å²) in [5, 5.41) is 8.92. The molecule has 7 heteroatoms. The lowest BCUT2D eigenvalue weighted by Crippen LogP contribution is -2.08. The standard InChI is InChI=1S/C13H8F3N3O/c14-13(15,16)10-2-1-5-19-12(10)20-11-4-3-9(18)6-8(11)7-17/h1-6H,18H2. The molecule has 102 valence electrons. The van der Waals surface area contributed by atoms with Gasteiger partial charge in [-0.05, 0) is 30.3 Å². The molecule has 0 unspecified atom stereocenters. The van der Waals surface area contributed by atoms with E-state index >= 15 is 0 Å². The van der Waals surface area contributed by atoms with Gasteiger partial charge in [-0.1, -0.05) is 0 Å².